The topological polar surface area (TPSA) is 64.3 Å². The SMILES string of the molecule is CCOC(=O)c1c(NN)sc(C)c1-c1cccs1. The molecule has 3 N–H and O–H groups in total. The molecule has 0 saturated carbocycles. The van der Waals surface area contributed by atoms with Gasteiger partial charge in [-0.05, 0) is 25.3 Å². The number of carbonyl (C=O) groups excluding carboxylic acids is 1. The molecule has 0 bridgehead atoms. The van der Waals surface area contributed by atoms with Crippen molar-refractivity contribution >= 4 is 33.6 Å². The minimum absolute atomic E-state index is 0.335. The first-order valence-electron chi connectivity index (χ1n) is 5.50. The Morgan fingerprint density at radius 3 is 2.89 bits per heavy atom. The fraction of sp³-hybridized carbons (Fsp3) is 0.250. The molecule has 2 heterocycles. The van der Waals surface area contributed by atoms with E-state index >= 15 is 0 Å². The normalized spacial score (nSPS) is 10.4. The van der Waals surface area contributed by atoms with Crippen LogP contribution in [-0.2, 0) is 4.74 Å². The summed E-state index contributed by atoms with van der Waals surface area (Å²) < 4.78 is 5.10. The lowest BCUT2D eigenvalue weighted by Gasteiger charge is -2.05. The van der Waals surface area contributed by atoms with Gasteiger partial charge < -0.3 is 10.2 Å². The highest BCUT2D eigenvalue weighted by Crippen LogP contribution is 2.41. The third-order valence-electron chi connectivity index (χ3n) is 2.46. The number of nitrogens with one attached hydrogen (secondary N) is 1. The summed E-state index contributed by atoms with van der Waals surface area (Å²) >= 11 is 3.06. The van der Waals surface area contributed by atoms with Gasteiger partial charge in [0.2, 0.25) is 0 Å². The van der Waals surface area contributed by atoms with Gasteiger partial charge in [-0.2, -0.15) is 0 Å². The third kappa shape index (κ3) is 2.27. The maximum atomic E-state index is 12.0. The van der Waals surface area contributed by atoms with Crippen LogP contribution < -0.4 is 11.3 Å². The Balaban J connectivity index is 2.57. The molecule has 0 aliphatic heterocycles. The molecule has 0 atom stereocenters. The van der Waals surface area contributed by atoms with E-state index in [1.54, 1.807) is 18.3 Å². The van der Waals surface area contributed by atoms with Crippen molar-refractivity contribution in [3.05, 3.63) is 28.0 Å². The lowest BCUT2D eigenvalue weighted by Crippen LogP contribution is -2.12. The van der Waals surface area contributed by atoms with E-state index < -0.39 is 0 Å². The Kier molecular flexibility index (Phi) is 4.00. The van der Waals surface area contributed by atoms with Gasteiger partial charge in [0.05, 0.1) is 6.61 Å². The van der Waals surface area contributed by atoms with Crippen molar-refractivity contribution in [2.45, 2.75) is 13.8 Å². The maximum Gasteiger partial charge on any atom is 0.341 e. The molecular weight excluding hydrogens is 268 g/mol. The first-order valence-corrected chi connectivity index (χ1v) is 7.19. The molecule has 0 fully saturated rings. The molecule has 0 radical (unpaired) electrons. The zero-order chi connectivity index (χ0) is 13.1. The van der Waals surface area contributed by atoms with Crippen LogP contribution in [0.2, 0.25) is 0 Å². The Morgan fingerprint density at radius 2 is 2.33 bits per heavy atom. The number of nitrogens with two attached hydrogens (primary N) is 1. The summed E-state index contributed by atoms with van der Waals surface area (Å²) in [5, 5.41) is 2.63. The Labute approximate surface area is 113 Å². The summed E-state index contributed by atoms with van der Waals surface area (Å²) in [7, 11) is 0. The fourth-order valence-electron chi connectivity index (χ4n) is 1.76. The van der Waals surface area contributed by atoms with Crippen molar-refractivity contribution < 1.29 is 9.53 Å². The zero-order valence-corrected chi connectivity index (χ0v) is 11.8. The van der Waals surface area contributed by atoms with Crippen LogP contribution in [0.5, 0.6) is 0 Å². The van der Waals surface area contributed by atoms with Gasteiger partial charge in [0, 0.05) is 15.3 Å². The van der Waals surface area contributed by atoms with Crippen molar-refractivity contribution in [2.75, 3.05) is 12.0 Å². The smallest absolute Gasteiger partial charge is 0.341 e. The molecule has 18 heavy (non-hydrogen) atoms. The predicted octanol–water partition coefficient (Wildman–Crippen LogP) is 3.25. The van der Waals surface area contributed by atoms with Crippen LogP contribution in [0.1, 0.15) is 22.2 Å². The van der Waals surface area contributed by atoms with Crippen molar-refractivity contribution in [2.24, 2.45) is 5.84 Å². The summed E-state index contributed by atoms with van der Waals surface area (Å²) in [6.45, 7) is 4.11. The van der Waals surface area contributed by atoms with Gasteiger partial charge in [0.15, 0.2) is 0 Å². The van der Waals surface area contributed by atoms with Crippen LogP contribution in [0, 0.1) is 6.92 Å². The van der Waals surface area contributed by atoms with E-state index in [9.17, 15) is 4.79 Å². The number of aryl methyl sites for hydroxylation is 1. The summed E-state index contributed by atoms with van der Waals surface area (Å²) in [4.78, 5) is 14.1. The van der Waals surface area contributed by atoms with Crippen LogP contribution in [0.4, 0.5) is 5.00 Å². The molecule has 96 valence electrons. The second-order valence-corrected chi connectivity index (χ2v) is 5.75. The summed E-state index contributed by atoms with van der Waals surface area (Å²) in [5.74, 6) is 5.14. The molecule has 2 aromatic heterocycles. The third-order valence-corrected chi connectivity index (χ3v) is 4.39. The highest BCUT2D eigenvalue weighted by molar-refractivity contribution is 7.18. The van der Waals surface area contributed by atoms with Crippen molar-refractivity contribution in [3.8, 4) is 10.4 Å². The molecule has 4 nitrogen and oxygen atoms in total. The Morgan fingerprint density at radius 1 is 1.56 bits per heavy atom. The number of rotatable bonds is 4. The number of nitrogen functional groups attached to an aromatic ring is 1. The highest BCUT2D eigenvalue weighted by Gasteiger charge is 2.24. The number of esters is 1. The second-order valence-electron chi connectivity index (χ2n) is 3.58. The van der Waals surface area contributed by atoms with Crippen LogP contribution >= 0.6 is 22.7 Å². The number of thiophene rings is 2. The van der Waals surface area contributed by atoms with Crippen LogP contribution in [-0.4, -0.2) is 12.6 Å². The molecule has 0 aliphatic rings. The molecule has 0 aliphatic carbocycles. The van der Waals surface area contributed by atoms with E-state index in [1.807, 2.05) is 24.4 Å². The van der Waals surface area contributed by atoms with E-state index in [2.05, 4.69) is 5.43 Å². The monoisotopic (exact) mass is 282 g/mol. The Hall–Kier alpha value is -1.37. The maximum absolute atomic E-state index is 12.0. The van der Waals surface area contributed by atoms with Gasteiger partial charge in [0.25, 0.3) is 0 Å². The molecule has 0 aromatic carbocycles. The highest BCUT2D eigenvalue weighted by atomic mass is 32.1. The van der Waals surface area contributed by atoms with Gasteiger partial charge in [-0.1, -0.05) is 6.07 Å². The van der Waals surface area contributed by atoms with Crippen molar-refractivity contribution in [1.29, 1.82) is 0 Å². The average molecular weight is 282 g/mol. The number of carbonyl (C=O) groups is 1. The molecular formula is C12H14N2O2S2. The first-order chi connectivity index (χ1) is 8.69. The Bertz CT molecular complexity index is 547. The molecule has 6 heteroatoms. The molecule has 0 unspecified atom stereocenters. The molecule has 2 rings (SSSR count). The van der Waals surface area contributed by atoms with Gasteiger partial charge in [-0.25, -0.2) is 10.6 Å². The summed E-state index contributed by atoms with van der Waals surface area (Å²) in [6, 6.07) is 3.95. The van der Waals surface area contributed by atoms with Crippen LogP contribution in [0.25, 0.3) is 10.4 Å². The minimum atomic E-state index is -0.335. The predicted molar refractivity (Wildman–Crippen MR) is 76.1 cm³/mol. The van der Waals surface area contributed by atoms with E-state index in [4.69, 9.17) is 10.6 Å². The minimum Gasteiger partial charge on any atom is -0.462 e. The molecule has 0 saturated heterocycles. The number of ether oxygens (including phenoxy) is 1. The van der Waals surface area contributed by atoms with Crippen molar-refractivity contribution in [3.63, 3.8) is 0 Å². The first kappa shape index (κ1) is 13.1. The standard InChI is InChI=1S/C12H14N2O2S2/c1-3-16-12(15)10-9(8-5-4-6-17-8)7(2)18-11(10)14-13/h4-6,14H,3,13H2,1-2H3. The molecule has 2 aromatic rings. The molecule has 0 amide bonds. The summed E-state index contributed by atoms with van der Waals surface area (Å²) in [6.07, 6.45) is 0. The molecule has 0 spiro atoms. The lowest BCUT2D eigenvalue weighted by molar-refractivity contribution is 0.0529. The quantitative estimate of drug-likeness (QED) is 0.513. The number of anilines is 1. The number of hydrogen-bond donors (Lipinski definition) is 2. The largest absolute Gasteiger partial charge is 0.462 e. The van der Waals surface area contributed by atoms with E-state index in [1.165, 1.54) is 11.3 Å². The van der Waals surface area contributed by atoms with Gasteiger partial charge in [-0.3, -0.25) is 0 Å². The second kappa shape index (κ2) is 5.51. The average Bonchev–Trinajstić information content (AvgIpc) is 2.95. The number of hydrazine groups is 1. The number of hydrogen-bond acceptors (Lipinski definition) is 6. The van der Waals surface area contributed by atoms with E-state index in [-0.39, 0.29) is 5.97 Å². The van der Waals surface area contributed by atoms with Gasteiger partial charge in [0.1, 0.15) is 10.6 Å². The zero-order valence-electron chi connectivity index (χ0n) is 10.1. The van der Waals surface area contributed by atoms with Crippen LogP contribution in [0.3, 0.4) is 0 Å². The van der Waals surface area contributed by atoms with E-state index in [0.29, 0.717) is 17.2 Å². The van der Waals surface area contributed by atoms with E-state index in [0.717, 1.165) is 15.3 Å². The van der Waals surface area contributed by atoms with Gasteiger partial charge in [-0.15, -0.1) is 22.7 Å². The summed E-state index contributed by atoms with van der Waals surface area (Å²) in [5.41, 5.74) is 4.03. The van der Waals surface area contributed by atoms with Crippen molar-refractivity contribution in [1.82, 2.24) is 0 Å². The van der Waals surface area contributed by atoms with Crippen LogP contribution in [0.15, 0.2) is 17.5 Å². The fourth-order valence-corrected chi connectivity index (χ4v) is 3.63. The lowest BCUT2D eigenvalue weighted by atomic mass is 10.1. The van der Waals surface area contributed by atoms with Gasteiger partial charge >= 0.3 is 5.97 Å².